The molecule has 0 saturated carbocycles. The molecule has 1 N–H and O–H groups in total. The predicted molar refractivity (Wildman–Crippen MR) is 102 cm³/mol. The lowest BCUT2D eigenvalue weighted by Gasteiger charge is -2.06. The van der Waals surface area contributed by atoms with Crippen LogP contribution in [0.15, 0.2) is 28.7 Å². The fraction of sp³-hybridized carbons (Fsp3) is 0.333. The summed E-state index contributed by atoms with van der Waals surface area (Å²) >= 11 is 1.32. The summed E-state index contributed by atoms with van der Waals surface area (Å²) in [7, 11) is 2.65. The Kier molecular flexibility index (Phi) is 7.44. The molecule has 10 heteroatoms. The van der Waals surface area contributed by atoms with E-state index in [9.17, 15) is 19.7 Å². The van der Waals surface area contributed by atoms with Gasteiger partial charge in [-0.2, -0.15) is 0 Å². The van der Waals surface area contributed by atoms with Gasteiger partial charge in [0.05, 0.1) is 31.4 Å². The van der Waals surface area contributed by atoms with Gasteiger partial charge in [0, 0.05) is 11.8 Å². The van der Waals surface area contributed by atoms with Crippen LogP contribution in [-0.4, -0.2) is 36.8 Å². The molecule has 9 nitrogen and oxygen atoms in total. The zero-order valence-electron chi connectivity index (χ0n) is 15.6. The van der Waals surface area contributed by atoms with Gasteiger partial charge in [-0.25, -0.2) is 4.79 Å². The van der Waals surface area contributed by atoms with Gasteiger partial charge in [-0.3, -0.25) is 14.9 Å². The maximum Gasteiger partial charge on any atom is 0.341 e. The molecule has 0 radical (unpaired) electrons. The van der Waals surface area contributed by atoms with Gasteiger partial charge < -0.3 is 19.2 Å². The monoisotopic (exact) mass is 408 g/mol. The van der Waals surface area contributed by atoms with Crippen LogP contribution in [0.4, 0.5) is 5.69 Å². The van der Waals surface area contributed by atoms with Crippen LogP contribution in [-0.2, 0) is 21.8 Å². The zero-order valence-corrected chi connectivity index (χ0v) is 16.5. The second-order valence-electron chi connectivity index (χ2n) is 5.71. The molecule has 150 valence electrons. The fourth-order valence-electron chi connectivity index (χ4n) is 2.41. The number of hydrogen-bond acceptors (Lipinski definition) is 8. The second kappa shape index (κ2) is 9.79. The molecule has 0 spiro atoms. The highest BCUT2D eigenvalue weighted by molar-refractivity contribution is 7.99. The number of nitrogens with zero attached hydrogens (tertiary/aromatic N) is 1. The Morgan fingerprint density at radius 3 is 2.68 bits per heavy atom. The quantitative estimate of drug-likeness (QED) is 0.382. The summed E-state index contributed by atoms with van der Waals surface area (Å²) in [5.41, 5.74) is 0.927. The summed E-state index contributed by atoms with van der Waals surface area (Å²) in [6.07, 6.45) is 0. The van der Waals surface area contributed by atoms with Crippen LogP contribution in [0.25, 0.3) is 0 Å². The number of amides is 1. The van der Waals surface area contributed by atoms with Gasteiger partial charge >= 0.3 is 11.7 Å². The molecule has 1 amide bonds. The number of rotatable bonds is 9. The van der Waals surface area contributed by atoms with Gasteiger partial charge in [-0.1, -0.05) is 6.07 Å². The molecule has 28 heavy (non-hydrogen) atoms. The summed E-state index contributed by atoms with van der Waals surface area (Å²) in [5, 5.41) is 13.7. The van der Waals surface area contributed by atoms with E-state index in [1.54, 1.807) is 13.0 Å². The number of benzene rings is 1. The molecule has 0 unspecified atom stereocenters. The standard InChI is InChI=1S/C18H20N2O7S/c1-11-14(18(22)26-3)7-13(27-11)8-19-17(21)10-28-9-12-4-5-16(25-2)15(6-12)20(23)24/h4-7H,8-10H2,1-3H3,(H,19,21). The third kappa shape index (κ3) is 5.49. The first-order valence-corrected chi connectivity index (χ1v) is 9.34. The maximum absolute atomic E-state index is 12.0. The van der Waals surface area contributed by atoms with Crippen LogP contribution < -0.4 is 10.1 Å². The molecule has 0 bridgehead atoms. The van der Waals surface area contributed by atoms with E-state index in [2.05, 4.69) is 10.1 Å². The van der Waals surface area contributed by atoms with Gasteiger partial charge in [0.1, 0.15) is 17.1 Å². The molecule has 1 aromatic heterocycles. The molecule has 0 aliphatic rings. The first-order valence-electron chi connectivity index (χ1n) is 8.19. The number of carbonyl (C=O) groups is 2. The minimum Gasteiger partial charge on any atom is -0.490 e. The molecule has 2 aromatic rings. The number of hydrogen-bond donors (Lipinski definition) is 1. The Balaban J connectivity index is 1.83. The Morgan fingerprint density at radius 1 is 1.29 bits per heavy atom. The van der Waals surface area contributed by atoms with Crippen molar-refractivity contribution >= 4 is 29.3 Å². The number of thioether (sulfide) groups is 1. The third-order valence-electron chi connectivity index (χ3n) is 3.78. The topological polar surface area (TPSA) is 121 Å². The van der Waals surface area contributed by atoms with Crippen LogP contribution in [0, 0.1) is 17.0 Å². The number of nitro groups is 1. The summed E-state index contributed by atoms with van der Waals surface area (Å²) < 4.78 is 15.0. The molecule has 2 rings (SSSR count). The van der Waals surface area contributed by atoms with Crippen molar-refractivity contribution < 1.29 is 28.4 Å². The molecule has 0 saturated heterocycles. The van der Waals surface area contributed by atoms with Crippen LogP contribution >= 0.6 is 11.8 Å². The van der Waals surface area contributed by atoms with Gasteiger partial charge in [0.2, 0.25) is 5.91 Å². The van der Waals surface area contributed by atoms with E-state index in [1.165, 1.54) is 44.2 Å². The zero-order chi connectivity index (χ0) is 20.7. The average Bonchev–Trinajstić information content (AvgIpc) is 3.06. The van der Waals surface area contributed by atoms with Crippen molar-refractivity contribution in [2.45, 2.75) is 19.2 Å². The highest BCUT2D eigenvalue weighted by Crippen LogP contribution is 2.29. The lowest BCUT2D eigenvalue weighted by atomic mass is 10.2. The van der Waals surface area contributed by atoms with Gasteiger partial charge in [0.25, 0.3) is 0 Å². The minimum absolute atomic E-state index is 0.111. The first-order chi connectivity index (χ1) is 13.3. The van der Waals surface area contributed by atoms with E-state index in [0.29, 0.717) is 22.8 Å². The number of methoxy groups -OCH3 is 2. The molecule has 0 aliphatic heterocycles. The Labute approximate surface area is 165 Å². The Hall–Kier alpha value is -3.01. The SMILES string of the molecule is COC(=O)c1cc(CNC(=O)CSCc2ccc(OC)c([N+](=O)[O-])c2)oc1C. The maximum atomic E-state index is 12.0. The van der Waals surface area contributed by atoms with E-state index in [0.717, 1.165) is 5.56 Å². The molecular weight excluding hydrogens is 388 g/mol. The number of carbonyl (C=O) groups excluding carboxylic acids is 2. The summed E-state index contributed by atoms with van der Waals surface area (Å²) in [5.74, 6) is 0.948. The lowest BCUT2D eigenvalue weighted by Crippen LogP contribution is -2.24. The number of nitrogens with one attached hydrogen (secondary N) is 1. The van der Waals surface area contributed by atoms with E-state index in [4.69, 9.17) is 9.15 Å². The smallest absolute Gasteiger partial charge is 0.341 e. The highest BCUT2D eigenvalue weighted by Gasteiger charge is 2.17. The first kappa shape index (κ1) is 21.3. The van der Waals surface area contributed by atoms with Crippen LogP contribution in [0.2, 0.25) is 0 Å². The van der Waals surface area contributed by atoms with E-state index < -0.39 is 10.9 Å². The van der Waals surface area contributed by atoms with E-state index >= 15 is 0 Å². The Bertz CT molecular complexity index is 879. The van der Waals surface area contributed by atoms with Crippen molar-refractivity contribution in [3.05, 3.63) is 57.0 Å². The van der Waals surface area contributed by atoms with E-state index in [-0.39, 0.29) is 29.6 Å². The van der Waals surface area contributed by atoms with Gasteiger partial charge in [-0.15, -0.1) is 11.8 Å². The van der Waals surface area contributed by atoms with Gasteiger partial charge in [0.15, 0.2) is 5.75 Å². The summed E-state index contributed by atoms with van der Waals surface area (Å²) in [6.45, 7) is 1.78. The molecule has 0 atom stereocenters. The number of aryl methyl sites for hydroxylation is 1. The molecular formula is C18H20N2O7S. The van der Waals surface area contributed by atoms with Crippen molar-refractivity contribution in [1.29, 1.82) is 0 Å². The van der Waals surface area contributed by atoms with Gasteiger partial charge in [-0.05, 0) is 24.6 Å². The second-order valence-corrected chi connectivity index (χ2v) is 6.69. The van der Waals surface area contributed by atoms with E-state index in [1.807, 2.05) is 0 Å². The normalized spacial score (nSPS) is 10.4. The molecule has 0 aliphatic carbocycles. The molecule has 1 aromatic carbocycles. The Morgan fingerprint density at radius 2 is 2.04 bits per heavy atom. The van der Waals surface area contributed by atoms with Crippen molar-refractivity contribution in [1.82, 2.24) is 5.32 Å². The molecule has 1 heterocycles. The summed E-state index contributed by atoms with van der Waals surface area (Å²) in [6, 6.07) is 6.22. The highest BCUT2D eigenvalue weighted by atomic mass is 32.2. The fourth-order valence-corrected chi connectivity index (χ4v) is 3.21. The minimum atomic E-state index is -0.506. The predicted octanol–water partition coefficient (Wildman–Crippen LogP) is 2.84. The van der Waals surface area contributed by atoms with Crippen LogP contribution in [0.1, 0.15) is 27.4 Å². The van der Waals surface area contributed by atoms with Crippen molar-refractivity contribution in [2.24, 2.45) is 0 Å². The average molecular weight is 408 g/mol. The number of furan rings is 1. The van der Waals surface area contributed by atoms with Crippen molar-refractivity contribution in [3.8, 4) is 5.75 Å². The van der Waals surface area contributed by atoms with Crippen LogP contribution in [0.5, 0.6) is 5.75 Å². The number of nitro benzene ring substituents is 1. The number of esters is 1. The van der Waals surface area contributed by atoms with Crippen molar-refractivity contribution in [3.63, 3.8) is 0 Å². The van der Waals surface area contributed by atoms with Crippen LogP contribution in [0.3, 0.4) is 0 Å². The third-order valence-corrected chi connectivity index (χ3v) is 4.78. The molecule has 0 fully saturated rings. The largest absolute Gasteiger partial charge is 0.490 e. The lowest BCUT2D eigenvalue weighted by molar-refractivity contribution is -0.385. The summed E-state index contributed by atoms with van der Waals surface area (Å²) in [4.78, 5) is 34.0. The number of ether oxygens (including phenoxy) is 2. The van der Waals surface area contributed by atoms with Crippen molar-refractivity contribution in [2.75, 3.05) is 20.0 Å².